The van der Waals surface area contributed by atoms with Gasteiger partial charge in [0, 0.05) is 19.2 Å². The molecule has 1 fully saturated rings. The van der Waals surface area contributed by atoms with E-state index in [1.54, 1.807) is 7.11 Å². The van der Waals surface area contributed by atoms with Crippen molar-refractivity contribution in [3.63, 3.8) is 0 Å². The summed E-state index contributed by atoms with van der Waals surface area (Å²) < 4.78 is 4.99. The van der Waals surface area contributed by atoms with Gasteiger partial charge < -0.3 is 15.4 Å². The van der Waals surface area contributed by atoms with Crippen LogP contribution in [0.15, 0.2) is 0 Å². The summed E-state index contributed by atoms with van der Waals surface area (Å²) in [4.78, 5) is 11.7. The quantitative estimate of drug-likeness (QED) is 0.726. The molecular weight excluding hydrogens is 228 g/mol. The van der Waals surface area contributed by atoms with Gasteiger partial charge in [-0.2, -0.15) is 0 Å². The number of carbonyl (C=O) groups is 1. The third-order valence-electron chi connectivity index (χ3n) is 4.10. The van der Waals surface area contributed by atoms with E-state index >= 15 is 0 Å². The second-order valence-electron chi connectivity index (χ2n) is 5.52. The Morgan fingerprint density at radius 2 is 2.17 bits per heavy atom. The van der Waals surface area contributed by atoms with E-state index < -0.39 is 0 Å². The van der Waals surface area contributed by atoms with Crippen molar-refractivity contribution < 1.29 is 9.53 Å². The predicted octanol–water partition coefficient (Wildman–Crippen LogP) is 1.55. The Morgan fingerprint density at radius 1 is 1.44 bits per heavy atom. The van der Waals surface area contributed by atoms with Crippen molar-refractivity contribution in [2.45, 2.75) is 52.1 Å². The van der Waals surface area contributed by atoms with Gasteiger partial charge in [0.05, 0.1) is 13.2 Å². The maximum absolute atomic E-state index is 11.7. The van der Waals surface area contributed by atoms with Crippen LogP contribution in [0.5, 0.6) is 0 Å². The van der Waals surface area contributed by atoms with Crippen molar-refractivity contribution in [3.05, 3.63) is 0 Å². The maximum Gasteiger partial charge on any atom is 0.234 e. The zero-order valence-electron chi connectivity index (χ0n) is 12.2. The fraction of sp³-hybridized carbons (Fsp3) is 0.929. The van der Waals surface area contributed by atoms with Gasteiger partial charge in [0.2, 0.25) is 5.91 Å². The highest BCUT2D eigenvalue weighted by Crippen LogP contribution is 2.33. The Kier molecular flexibility index (Phi) is 6.65. The van der Waals surface area contributed by atoms with Gasteiger partial charge in [0.15, 0.2) is 0 Å². The summed E-state index contributed by atoms with van der Waals surface area (Å²) in [6, 6.07) is 0.576. The van der Waals surface area contributed by atoms with E-state index in [4.69, 9.17) is 4.74 Å². The third kappa shape index (κ3) is 4.58. The van der Waals surface area contributed by atoms with E-state index in [1.807, 2.05) is 6.92 Å². The summed E-state index contributed by atoms with van der Waals surface area (Å²) in [6.45, 7) is 7.47. The summed E-state index contributed by atoms with van der Waals surface area (Å²) in [5.41, 5.74) is 0. The van der Waals surface area contributed by atoms with Crippen LogP contribution < -0.4 is 10.6 Å². The van der Waals surface area contributed by atoms with E-state index in [1.165, 1.54) is 19.3 Å². The molecule has 0 spiro atoms. The lowest BCUT2D eigenvalue weighted by molar-refractivity contribution is -0.121. The molecule has 0 aromatic rings. The zero-order chi connectivity index (χ0) is 13.5. The Balaban J connectivity index is 2.22. The van der Waals surface area contributed by atoms with Crippen molar-refractivity contribution >= 4 is 5.91 Å². The van der Waals surface area contributed by atoms with E-state index in [0.717, 1.165) is 5.92 Å². The zero-order valence-corrected chi connectivity index (χ0v) is 12.2. The van der Waals surface area contributed by atoms with E-state index in [0.29, 0.717) is 25.1 Å². The largest absolute Gasteiger partial charge is 0.383 e. The molecule has 1 amide bonds. The van der Waals surface area contributed by atoms with Gasteiger partial charge in [-0.1, -0.05) is 20.3 Å². The average molecular weight is 256 g/mol. The van der Waals surface area contributed by atoms with Crippen LogP contribution in [0.2, 0.25) is 0 Å². The number of nitrogens with one attached hydrogen (secondary N) is 2. The molecule has 0 heterocycles. The molecule has 1 aliphatic carbocycles. The first kappa shape index (κ1) is 15.4. The highest BCUT2D eigenvalue weighted by molar-refractivity contribution is 5.78. The Hall–Kier alpha value is -0.610. The average Bonchev–Trinajstić information content (AvgIpc) is 2.67. The molecule has 1 aliphatic rings. The minimum absolute atomic E-state index is 0.0618. The molecule has 0 saturated heterocycles. The van der Waals surface area contributed by atoms with Crippen LogP contribution in [-0.4, -0.2) is 38.3 Å². The SMILES string of the molecule is CCC1CCC(NCC(=O)NC(C)COC)C1C. The van der Waals surface area contributed by atoms with Gasteiger partial charge in [-0.05, 0) is 31.6 Å². The lowest BCUT2D eigenvalue weighted by atomic mass is 9.93. The van der Waals surface area contributed by atoms with Gasteiger partial charge in [-0.15, -0.1) is 0 Å². The molecule has 2 N–H and O–H groups in total. The molecule has 0 bridgehead atoms. The molecule has 0 aliphatic heterocycles. The van der Waals surface area contributed by atoms with Crippen molar-refractivity contribution in [1.82, 2.24) is 10.6 Å². The molecule has 0 aromatic heterocycles. The summed E-state index contributed by atoms with van der Waals surface area (Å²) in [6.07, 6.45) is 3.73. The first-order valence-electron chi connectivity index (χ1n) is 7.10. The van der Waals surface area contributed by atoms with Crippen LogP contribution in [-0.2, 0) is 9.53 Å². The molecule has 4 atom stereocenters. The molecule has 4 heteroatoms. The number of carbonyl (C=O) groups excluding carboxylic acids is 1. The van der Waals surface area contributed by atoms with E-state index in [9.17, 15) is 4.79 Å². The van der Waals surface area contributed by atoms with Gasteiger partial charge in [0.25, 0.3) is 0 Å². The fourth-order valence-electron chi connectivity index (χ4n) is 2.95. The molecule has 1 rings (SSSR count). The van der Waals surface area contributed by atoms with E-state index in [-0.39, 0.29) is 11.9 Å². The second-order valence-corrected chi connectivity index (χ2v) is 5.52. The monoisotopic (exact) mass is 256 g/mol. The topological polar surface area (TPSA) is 50.4 Å². The van der Waals surface area contributed by atoms with Crippen LogP contribution in [0, 0.1) is 11.8 Å². The van der Waals surface area contributed by atoms with Gasteiger partial charge in [-0.3, -0.25) is 4.79 Å². The summed E-state index contributed by atoms with van der Waals surface area (Å²) in [7, 11) is 1.64. The first-order valence-corrected chi connectivity index (χ1v) is 7.10. The van der Waals surface area contributed by atoms with Gasteiger partial charge >= 0.3 is 0 Å². The smallest absolute Gasteiger partial charge is 0.234 e. The van der Waals surface area contributed by atoms with Crippen molar-refractivity contribution in [3.8, 4) is 0 Å². The number of methoxy groups -OCH3 is 1. The highest BCUT2D eigenvalue weighted by atomic mass is 16.5. The molecule has 0 radical (unpaired) electrons. The maximum atomic E-state index is 11.7. The van der Waals surface area contributed by atoms with Gasteiger partial charge in [0.1, 0.15) is 0 Å². The Labute approximate surface area is 111 Å². The summed E-state index contributed by atoms with van der Waals surface area (Å²) in [5.74, 6) is 1.56. The molecular formula is C14H28N2O2. The number of ether oxygens (including phenoxy) is 1. The van der Waals surface area contributed by atoms with Crippen LogP contribution in [0.3, 0.4) is 0 Å². The van der Waals surface area contributed by atoms with Crippen molar-refractivity contribution in [2.24, 2.45) is 11.8 Å². The predicted molar refractivity (Wildman–Crippen MR) is 73.5 cm³/mol. The molecule has 1 saturated carbocycles. The van der Waals surface area contributed by atoms with E-state index in [2.05, 4.69) is 24.5 Å². The minimum atomic E-state index is 0.0618. The minimum Gasteiger partial charge on any atom is -0.383 e. The third-order valence-corrected chi connectivity index (χ3v) is 4.10. The second kappa shape index (κ2) is 7.74. The summed E-state index contributed by atoms with van der Waals surface area (Å²) >= 11 is 0. The summed E-state index contributed by atoms with van der Waals surface area (Å²) in [5, 5.41) is 6.31. The molecule has 106 valence electrons. The molecule has 18 heavy (non-hydrogen) atoms. The Bertz CT molecular complexity index is 258. The first-order chi connectivity index (χ1) is 8.58. The number of amides is 1. The fourth-order valence-corrected chi connectivity index (χ4v) is 2.95. The van der Waals surface area contributed by atoms with Gasteiger partial charge in [-0.25, -0.2) is 0 Å². The lowest BCUT2D eigenvalue weighted by Gasteiger charge is -2.21. The normalized spacial score (nSPS) is 29.2. The lowest BCUT2D eigenvalue weighted by Crippen LogP contribution is -2.44. The molecule has 4 nitrogen and oxygen atoms in total. The van der Waals surface area contributed by atoms with Crippen LogP contribution >= 0.6 is 0 Å². The van der Waals surface area contributed by atoms with Crippen molar-refractivity contribution in [2.75, 3.05) is 20.3 Å². The van der Waals surface area contributed by atoms with Crippen molar-refractivity contribution in [1.29, 1.82) is 0 Å². The van der Waals surface area contributed by atoms with Crippen LogP contribution in [0.1, 0.15) is 40.0 Å². The number of hydrogen-bond donors (Lipinski definition) is 2. The van der Waals surface area contributed by atoms with Crippen LogP contribution in [0.4, 0.5) is 0 Å². The molecule has 4 unspecified atom stereocenters. The van der Waals surface area contributed by atoms with Crippen LogP contribution in [0.25, 0.3) is 0 Å². The highest BCUT2D eigenvalue weighted by Gasteiger charge is 2.31. The number of hydrogen-bond acceptors (Lipinski definition) is 3. The Morgan fingerprint density at radius 3 is 2.72 bits per heavy atom. The number of rotatable bonds is 7. The molecule has 0 aromatic carbocycles. The standard InChI is InChI=1S/C14H28N2O2/c1-5-12-6-7-13(11(12)3)15-8-14(17)16-10(2)9-18-4/h10-13,15H,5-9H2,1-4H3,(H,16,17).